The number of nitrogens with zero attached hydrogens (tertiary/aromatic N) is 2. The number of nitrogens with two attached hydrogens (primary N) is 1. The molecule has 0 bridgehead atoms. The number of aryl methyl sites for hydroxylation is 1. The van der Waals surface area contributed by atoms with Crippen LogP contribution < -0.4 is 21.5 Å². The lowest BCUT2D eigenvalue weighted by Crippen LogP contribution is -2.44. The van der Waals surface area contributed by atoms with Gasteiger partial charge in [-0.05, 0) is 18.6 Å². The maximum absolute atomic E-state index is 14.4. The van der Waals surface area contributed by atoms with Gasteiger partial charge in [-0.25, -0.2) is 9.18 Å². The second-order valence-electron chi connectivity index (χ2n) is 8.25. The molecular weight excluding hydrogens is 433 g/mol. The third kappa shape index (κ3) is 2.80. The molecule has 1 atom stereocenters. The van der Waals surface area contributed by atoms with Gasteiger partial charge in [0.25, 0.3) is 5.56 Å². The van der Waals surface area contributed by atoms with Crippen molar-refractivity contribution in [3.8, 4) is 17.0 Å². The molecule has 2 aliphatic rings. The minimum absolute atomic E-state index is 0.00261. The molecule has 0 radical (unpaired) electrons. The number of hydrogen-bond donors (Lipinski definition) is 2. The molecule has 3 N–H and O–H groups in total. The molecule has 2 aromatic heterocycles. The number of rotatable bonds is 4. The Morgan fingerprint density at radius 3 is 2.73 bits per heavy atom. The number of aliphatic hydroxyl groups is 1. The molecule has 0 saturated heterocycles. The predicted octanol–water partition coefficient (Wildman–Crippen LogP) is 0.860. The van der Waals surface area contributed by atoms with E-state index in [1.807, 2.05) is 0 Å². The molecule has 0 spiro atoms. The Hall–Kier alpha value is -3.50. The number of fused-ring (bicyclic) bond motifs is 5. The van der Waals surface area contributed by atoms with Gasteiger partial charge in [-0.3, -0.25) is 9.59 Å². The zero-order chi connectivity index (χ0) is 23.7. The molecule has 4 heterocycles. The number of halogens is 1. The molecule has 2 aliphatic heterocycles. The fraction of sp³-hybridized carbons (Fsp3) is 0.348. The van der Waals surface area contributed by atoms with Crippen LogP contribution in [0.3, 0.4) is 0 Å². The second-order valence-corrected chi connectivity index (χ2v) is 8.25. The fourth-order valence-corrected chi connectivity index (χ4v) is 4.80. The lowest BCUT2D eigenvalue weighted by atomic mass is 9.86. The van der Waals surface area contributed by atoms with E-state index in [9.17, 15) is 23.9 Å². The summed E-state index contributed by atoms with van der Waals surface area (Å²) in [6.07, 6.45) is -0.00261. The van der Waals surface area contributed by atoms with Crippen LogP contribution in [0.25, 0.3) is 22.2 Å². The molecule has 10 heteroatoms. The van der Waals surface area contributed by atoms with Gasteiger partial charge < -0.3 is 29.4 Å². The molecular formula is C23H22FN3O6. The second kappa shape index (κ2) is 7.26. The van der Waals surface area contributed by atoms with Crippen molar-refractivity contribution in [2.45, 2.75) is 32.1 Å². The van der Waals surface area contributed by atoms with E-state index in [1.165, 1.54) is 16.7 Å². The van der Waals surface area contributed by atoms with Crippen LogP contribution in [-0.2, 0) is 35.3 Å². The monoisotopic (exact) mass is 455 g/mol. The highest BCUT2D eigenvalue weighted by molar-refractivity contribution is 5.91. The van der Waals surface area contributed by atoms with Gasteiger partial charge in [-0.2, -0.15) is 0 Å². The Morgan fingerprint density at radius 1 is 1.27 bits per heavy atom. The van der Waals surface area contributed by atoms with E-state index in [0.717, 1.165) is 6.07 Å². The summed E-state index contributed by atoms with van der Waals surface area (Å²) in [5, 5.41) is 11.1. The Bertz CT molecular complexity index is 1470. The quantitative estimate of drug-likeness (QED) is 0.437. The van der Waals surface area contributed by atoms with Crippen LogP contribution in [0, 0.1) is 5.82 Å². The molecule has 5 rings (SSSR count). The first-order chi connectivity index (χ1) is 15.7. The summed E-state index contributed by atoms with van der Waals surface area (Å²) in [7, 11) is 1.71. The van der Waals surface area contributed by atoms with Gasteiger partial charge in [-0.15, -0.1) is 0 Å². The highest BCUT2D eigenvalue weighted by atomic mass is 19.1. The first kappa shape index (κ1) is 21.4. The van der Waals surface area contributed by atoms with Crippen LogP contribution >= 0.6 is 0 Å². The highest BCUT2D eigenvalue weighted by Crippen LogP contribution is 2.39. The Kier molecular flexibility index (Phi) is 4.69. The summed E-state index contributed by atoms with van der Waals surface area (Å²) >= 11 is 0. The summed E-state index contributed by atoms with van der Waals surface area (Å²) in [5.41, 5.74) is 4.33. The number of ether oxygens (including phenoxy) is 2. The average Bonchev–Trinajstić information content (AvgIpc) is 3.19. The average molecular weight is 455 g/mol. The van der Waals surface area contributed by atoms with Crippen molar-refractivity contribution >= 4 is 16.9 Å². The van der Waals surface area contributed by atoms with Gasteiger partial charge in [0.2, 0.25) is 0 Å². The van der Waals surface area contributed by atoms with Crippen LogP contribution in [0.15, 0.2) is 27.8 Å². The third-order valence-electron chi connectivity index (χ3n) is 6.52. The van der Waals surface area contributed by atoms with E-state index < -0.39 is 28.4 Å². The summed E-state index contributed by atoms with van der Waals surface area (Å²) in [6.45, 7) is 1.79. The minimum Gasteiger partial charge on any atom is -0.490 e. The van der Waals surface area contributed by atoms with Crippen molar-refractivity contribution in [3.05, 3.63) is 61.4 Å². The number of aromatic nitrogens is 2. The molecule has 3 aromatic rings. The van der Waals surface area contributed by atoms with Gasteiger partial charge in [0, 0.05) is 25.2 Å². The lowest BCUT2D eigenvalue weighted by molar-refractivity contribution is -0.172. The van der Waals surface area contributed by atoms with E-state index >= 15 is 0 Å². The molecule has 172 valence electrons. The molecule has 1 aromatic carbocycles. The Balaban J connectivity index is 1.84. The molecule has 33 heavy (non-hydrogen) atoms. The molecule has 0 saturated carbocycles. The lowest BCUT2D eigenvalue weighted by Gasteiger charge is -2.31. The number of carbonyl (C=O) groups excluding carboxylic acids is 1. The summed E-state index contributed by atoms with van der Waals surface area (Å²) in [4.78, 5) is 39.2. The van der Waals surface area contributed by atoms with E-state index in [-0.39, 0.29) is 66.2 Å². The number of pyridine rings is 2. The van der Waals surface area contributed by atoms with E-state index in [1.54, 1.807) is 18.5 Å². The van der Waals surface area contributed by atoms with E-state index in [2.05, 4.69) is 0 Å². The largest absolute Gasteiger partial charge is 0.490 e. The van der Waals surface area contributed by atoms with Gasteiger partial charge in [0.15, 0.2) is 11.0 Å². The van der Waals surface area contributed by atoms with Gasteiger partial charge in [0.1, 0.15) is 24.8 Å². The number of carbonyl (C=O) groups is 1. The van der Waals surface area contributed by atoms with Crippen molar-refractivity contribution in [3.63, 3.8) is 0 Å². The van der Waals surface area contributed by atoms with Crippen LogP contribution in [0.5, 0.6) is 5.75 Å². The summed E-state index contributed by atoms with van der Waals surface area (Å²) in [5.74, 6) is -1.30. The first-order valence-corrected chi connectivity index (χ1v) is 10.6. The fourth-order valence-electron chi connectivity index (χ4n) is 4.80. The SMILES string of the molecule is CC[C@@]1(O)C(=O)OCc2c1cc1n(c2=O)Cc2c-1c(=O)c1cc(F)cc(OCCN)c1n2C. The van der Waals surface area contributed by atoms with Crippen LogP contribution in [0.4, 0.5) is 4.39 Å². The van der Waals surface area contributed by atoms with E-state index in [0.29, 0.717) is 11.2 Å². The zero-order valence-electron chi connectivity index (χ0n) is 18.1. The van der Waals surface area contributed by atoms with Crippen molar-refractivity contribution in [2.24, 2.45) is 12.8 Å². The predicted molar refractivity (Wildman–Crippen MR) is 116 cm³/mol. The number of esters is 1. The third-order valence-corrected chi connectivity index (χ3v) is 6.52. The van der Waals surface area contributed by atoms with Crippen molar-refractivity contribution < 1.29 is 23.8 Å². The van der Waals surface area contributed by atoms with Gasteiger partial charge in [-0.1, -0.05) is 6.92 Å². The Labute approximate surface area is 186 Å². The Morgan fingerprint density at radius 2 is 2.03 bits per heavy atom. The van der Waals surface area contributed by atoms with Crippen LogP contribution in [0.2, 0.25) is 0 Å². The smallest absolute Gasteiger partial charge is 0.343 e. The van der Waals surface area contributed by atoms with Crippen LogP contribution in [-0.4, -0.2) is 33.4 Å². The van der Waals surface area contributed by atoms with Gasteiger partial charge in [0.05, 0.1) is 40.0 Å². The molecule has 0 fully saturated rings. The molecule has 0 unspecified atom stereocenters. The van der Waals surface area contributed by atoms with E-state index in [4.69, 9.17) is 15.2 Å². The number of cyclic esters (lactones) is 1. The zero-order valence-corrected chi connectivity index (χ0v) is 18.1. The van der Waals surface area contributed by atoms with Crippen LogP contribution in [0.1, 0.15) is 30.2 Å². The molecule has 9 nitrogen and oxygen atoms in total. The highest BCUT2D eigenvalue weighted by Gasteiger charge is 2.45. The number of hydrogen-bond acceptors (Lipinski definition) is 7. The minimum atomic E-state index is -1.98. The molecule has 0 aliphatic carbocycles. The normalized spacial score (nSPS) is 18.6. The van der Waals surface area contributed by atoms with Crippen molar-refractivity contribution in [1.82, 2.24) is 9.13 Å². The van der Waals surface area contributed by atoms with Gasteiger partial charge >= 0.3 is 5.97 Å². The summed E-state index contributed by atoms with van der Waals surface area (Å²) in [6, 6.07) is 3.83. The standard InChI is InChI=1S/C23H22FN3O6/c1-3-23(31)14-8-15-18-16(9-27(15)21(29)13(14)10-33-22(23)30)26(2)19-12(20(18)28)6-11(24)7-17(19)32-5-4-25/h6-8,31H,3-5,9-10,25H2,1-2H3/t23-/m0/s1. The topological polar surface area (TPSA) is 126 Å². The first-order valence-electron chi connectivity index (χ1n) is 10.6. The number of benzene rings is 1. The molecule has 0 amide bonds. The van der Waals surface area contributed by atoms with Crippen molar-refractivity contribution in [1.29, 1.82) is 0 Å². The maximum atomic E-state index is 14.4. The summed E-state index contributed by atoms with van der Waals surface area (Å²) < 4.78 is 28.1. The van der Waals surface area contributed by atoms with Crippen molar-refractivity contribution in [2.75, 3.05) is 13.2 Å². The maximum Gasteiger partial charge on any atom is 0.343 e.